The number of aromatic nitrogens is 4. The maximum atomic E-state index is 14.3. The molecule has 3 aromatic rings. The second-order valence-electron chi connectivity index (χ2n) is 10.4. The number of hydrogen-bond donors (Lipinski definition) is 1. The number of rotatable bonds is 7. The lowest BCUT2D eigenvalue weighted by molar-refractivity contribution is 0.126. The molecule has 2 N–H and O–H groups in total. The van der Waals surface area contributed by atoms with Crippen molar-refractivity contribution >= 4 is 11.8 Å². The van der Waals surface area contributed by atoms with Crippen molar-refractivity contribution in [2.75, 3.05) is 36.0 Å². The molecule has 0 spiro atoms. The maximum absolute atomic E-state index is 14.3. The highest BCUT2D eigenvalue weighted by Crippen LogP contribution is 2.32. The van der Waals surface area contributed by atoms with Gasteiger partial charge in [-0.25, -0.2) is 23.1 Å². The van der Waals surface area contributed by atoms with Gasteiger partial charge in [0, 0.05) is 50.1 Å². The molecule has 1 aromatic carbocycles. The van der Waals surface area contributed by atoms with Crippen LogP contribution < -0.4 is 20.3 Å². The van der Waals surface area contributed by atoms with Crippen molar-refractivity contribution < 1.29 is 22.4 Å². The molecule has 0 amide bonds. The predicted molar refractivity (Wildman–Crippen MR) is 135 cm³/mol. The zero-order valence-electron chi connectivity index (χ0n) is 21.6. The lowest BCUT2D eigenvalue weighted by atomic mass is 9.92. The van der Waals surface area contributed by atoms with Crippen molar-refractivity contribution in [3.8, 4) is 5.88 Å². The summed E-state index contributed by atoms with van der Waals surface area (Å²) in [6.07, 6.45) is 4.92. The van der Waals surface area contributed by atoms with Crippen LogP contribution in [0, 0.1) is 23.4 Å². The second kappa shape index (κ2) is 10.8. The smallest absolute Gasteiger partial charge is 0.324 e. The molecule has 3 unspecified atom stereocenters. The topological polar surface area (TPSA) is 106 Å². The van der Waals surface area contributed by atoms with Gasteiger partial charge >= 0.3 is 6.01 Å². The molecule has 0 radical (unpaired) electrons. The van der Waals surface area contributed by atoms with E-state index >= 15 is 0 Å². The zero-order valence-corrected chi connectivity index (χ0v) is 21.6. The molecule has 2 fully saturated rings. The minimum atomic E-state index is -1.22. The van der Waals surface area contributed by atoms with E-state index in [9.17, 15) is 13.2 Å². The van der Waals surface area contributed by atoms with Gasteiger partial charge in [0.15, 0.2) is 17.5 Å². The van der Waals surface area contributed by atoms with Crippen LogP contribution in [-0.2, 0) is 0 Å². The number of piperidine rings is 1. The van der Waals surface area contributed by atoms with Gasteiger partial charge in [-0.1, -0.05) is 19.0 Å². The number of nitrogens with zero attached hydrogens (tertiary/aromatic N) is 6. The molecule has 2 aliphatic rings. The molecule has 2 aliphatic heterocycles. The Bertz CT molecular complexity index is 1250. The Morgan fingerprint density at radius 1 is 0.974 bits per heavy atom. The summed E-state index contributed by atoms with van der Waals surface area (Å²) in [7, 11) is 0. The van der Waals surface area contributed by atoms with Gasteiger partial charge < -0.3 is 24.8 Å². The number of ether oxygens (including phenoxy) is 1. The molecule has 2 saturated heterocycles. The van der Waals surface area contributed by atoms with Crippen molar-refractivity contribution in [3.05, 3.63) is 53.4 Å². The van der Waals surface area contributed by atoms with E-state index in [1.54, 1.807) is 12.4 Å². The first kappa shape index (κ1) is 26.2. The van der Waals surface area contributed by atoms with E-state index in [1.165, 1.54) is 0 Å². The lowest BCUT2D eigenvalue weighted by Gasteiger charge is -2.33. The Kier molecular flexibility index (Phi) is 7.42. The first-order chi connectivity index (χ1) is 18.2. The molecule has 4 heterocycles. The van der Waals surface area contributed by atoms with Crippen molar-refractivity contribution in [3.63, 3.8) is 0 Å². The van der Waals surface area contributed by atoms with E-state index < -0.39 is 29.4 Å². The summed E-state index contributed by atoms with van der Waals surface area (Å²) >= 11 is 0. The molecule has 204 valence electrons. The largest absolute Gasteiger partial charge is 0.473 e. The van der Waals surface area contributed by atoms with Gasteiger partial charge in [0.25, 0.3) is 0 Å². The van der Waals surface area contributed by atoms with E-state index in [0.717, 1.165) is 32.0 Å². The zero-order chi connectivity index (χ0) is 27.0. The van der Waals surface area contributed by atoms with Crippen LogP contribution in [0.2, 0.25) is 0 Å². The third-order valence-corrected chi connectivity index (χ3v) is 7.47. The Labute approximate surface area is 219 Å². The van der Waals surface area contributed by atoms with Crippen LogP contribution in [0.15, 0.2) is 29.0 Å². The minimum Gasteiger partial charge on any atom is -0.473 e. The molecule has 9 nitrogen and oxygen atoms in total. The van der Waals surface area contributed by atoms with Gasteiger partial charge in [0.05, 0.1) is 12.4 Å². The average molecular weight is 532 g/mol. The Morgan fingerprint density at radius 3 is 2.37 bits per heavy atom. The average Bonchev–Trinajstić information content (AvgIpc) is 3.54. The molecule has 0 aliphatic carbocycles. The summed E-state index contributed by atoms with van der Waals surface area (Å²) in [6.45, 7) is 8.39. The van der Waals surface area contributed by atoms with Crippen LogP contribution in [0.3, 0.4) is 0 Å². The molecule has 0 saturated carbocycles. The summed E-state index contributed by atoms with van der Waals surface area (Å²) in [5.41, 5.74) is 6.28. The summed E-state index contributed by atoms with van der Waals surface area (Å²) < 4.78 is 52.9. The monoisotopic (exact) mass is 531 g/mol. The summed E-state index contributed by atoms with van der Waals surface area (Å²) in [5.74, 6) is -1.39. The van der Waals surface area contributed by atoms with Gasteiger partial charge in [0.2, 0.25) is 5.88 Å². The number of benzene rings is 1. The summed E-state index contributed by atoms with van der Waals surface area (Å²) in [6, 6.07) is 1.54. The van der Waals surface area contributed by atoms with Crippen molar-refractivity contribution in [2.24, 2.45) is 11.7 Å². The third kappa shape index (κ3) is 5.40. The first-order valence-electron chi connectivity index (χ1n) is 12.9. The first-order valence-corrected chi connectivity index (χ1v) is 12.9. The Hall–Kier alpha value is -3.41. The molecular formula is C26H32F3N7O2. The van der Waals surface area contributed by atoms with Crippen LogP contribution in [0.4, 0.5) is 25.0 Å². The predicted octanol–water partition coefficient (Wildman–Crippen LogP) is 4.02. The van der Waals surface area contributed by atoms with Crippen LogP contribution in [0.5, 0.6) is 5.88 Å². The SMILES string of the molecule is CC(C)c1noc(N2CCC(C(C)Oc3cnc(N4CC(N)C(c5cc(F)c(F)cc5F)C4)cn3)CC2)n1. The number of nitrogens with two attached hydrogens (primary N) is 1. The highest BCUT2D eigenvalue weighted by atomic mass is 19.2. The minimum absolute atomic E-state index is 0.0612. The van der Waals surface area contributed by atoms with Crippen LogP contribution in [0.1, 0.15) is 56.8 Å². The number of halogens is 3. The van der Waals surface area contributed by atoms with Crippen LogP contribution in [-0.4, -0.2) is 58.4 Å². The van der Waals surface area contributed by atoms with E-state index in [0.29, 0.717) is 48.6 Å². The van der Waals surface area contributed by atoms with Crippen molar-refractivity contribution in [1.82, 2.24) is 20.1 Å². The Morgan fingerprint density at radius 2 is 1.71 bits per heavy atom. The van der Waals surface area contributed by atoms with Gasteiger partial charge in [-0.05, 0) is 37.3 Å². The molecule has 5 rings (SSSR count). The van der Waals surface area contributed by atoms with E-state index in [2.05, 4.69) is 25.0 Å². The highest BCUT2D eigenvalue weighted by Gasteiger charge is 2.35. The standard InChI is InChI=1S/C26H32F3N7O2/c1-14(2)25-33-26(38-34-25)35-6-4-16(5-7-35)15(3)37-24-11-31-23(10-32-24)36-12-18(22(30)13-36)17-8-20(28)21(29)9-19(17)27/h8-11,14-16,18,22H,4-7,12-13,30H2,1-3H3. The third-order valence-electron chi connectivity index (χ3n) is 7.47. The van der Waals surface area contributed by atoms with Gasteiger partial charge in [-0.3, -0.25) is 0 Å². The van der Waals surface area contributed by atoms with Gasteiger partial charge in [0.1, 0.15) is 17.7 Å². The van der Waals surface area contributed by atoms with Crippen LogP contribution in [0.25, 0.3) is 0 Å². The Balaban J connectivity index is 1.15. The summed E-state index contributed by atoms with van der Waals surface area (Å²) in [4.78, 5) is 17.3. The fourth-order valence-corrected chi connectivity index (χ4v) is 5.14. The van der Waals surface area contributed by atoms with Crippen molar-refractivity contribution in [2.45, 2.75) is 57.6 Å². The lowest BCUT2D eigenvalue weighted by Crippen LogP contribution is -2.39. The highest BCUT2D eigenvalue weighted by molar-refractivity contribution is 5.42. The van der Waals surface area contributed by atoms with Crippen molar-refractivity contribution in [1.29, 1.82) is 0 Å². The summed E-state index contributed by atoms with van der Waals surface area (Å²) in [5, 5.41) is 4.05. The van der Waals surface area contributed by atoms with Gasteiger partial charge in [-0.2, -0.15) is 4.98 Å². The fraction of sp³-hybridized carbons (Fsp3) is 0.538. The second-order valence-corrected chi connectivity index (χ2v) is 10.4. The molecule has 3 atom stereocenters. The van der Waals surface area contributed by atoms with E-state index in [4.69, 9.17) is 15.0 Å². The maximum Gasteiger partial charge on any atom is 0.324 e. The fourth-order valence-electron chi connectivity index (χ4n) is 5.14. The number of anilines is 2. The van der Waals surface area contributed by atoms with E-state index in [-0.39, 0.29) is 17.6 Å². The number of hydrogen-bond acceptors (Lipinski definition) is 9. The quantitative estimate of drug-likeness (QED) is 0.453. The molecule has 2 aromatic heterocycles. The normalized spacial score (nSPS) is 21.4. The van der Waals surface area contributed by atoms with E-state index in [1.807, 2.05) is 25.7 Å². The molecule has 0 bridgehead atoms. The molecule has 38 heavy (non-hydrogen) atoms. The van der Waals surface area contributed by atoms with Gasteiger partial charge in [-0.15, -0.1) is 0 Å². The molecule has 12 heteroatoms. The molecular weight excluding hydrogens is 499 g/mol. The van der Waals surface area contributed by atoms with Crippen LogP contribution >= 0.6 is 0 Å².